The Hall–Kier alpha value is -3.13. The van der Waals surface area contributed by atoms with Crippen LogP contribution in [0.5, 0.6) is 5.88 Å². The molecule has 0 radical (unpaired) electrons. The first-order valence-electron chi connectivity index (χ1n) is 11.2. The second kappa shape index (κ2) is 9.99. The summed E-state index contributed by atoms with van der Waals surface area (Å²) in [5.74, 6) is -0.653. The molecule has 1 aliphatic heterocycles. The summed E-state index contributed by atoms with van der Waals surface area (Å²) < 4.78 is 6.15. The molecule has 2 N–H and O–H groups in total. The third-order valence-corrected chi connectivity index (χ3v) is 6.44. The summed E-state index contributed by atoms with van der Waals surface area (Å²) in [6.07, 6.45) is 0.961. The minimum absolute atomic E-state index is 0.0678. The molecule has 1 saturated heterocycles. The van der Waals surface area contributed by atoms with Crippen molar-refractivity contribution in [3.05, 3.63) is 54.2 Å². The normalized spacial score (nSPS) is 23.5. The highest BCUT2D eigenvalue weighted by molar-refractivity contribution is 5.81. The number of hydrogen-bond donors (Lipinski definition) is 2. The SMILES string of the molecule is Cc1cccc(O[C@H]2C[C@H](C(=O)NO)CC[C@@H]2C(=O)N2CCN(c3ccccc3)CC2)n1. The van der Waals surface area contributed by atoms with E-state index in [4.69, 9.17) is 9.94 Å². The van der Waals surface area contributed by atoms with Gasteiger partial charge in [0.25, 0.3) is 0 Å². The molecule has 2 fully saturated rings. The average molecular weight is 439 g/mol. The molecule has 1 aromatic heterocycles. The van der Waals surface area contributed by atoms with Crippen LogP contribution in [0.15, 0.2) is 48.5 Å². The summed E-state index contributed by atoms with van der Waals surface area (Å²) in [6, 6.07) is 15.7. The maximum absolute atomic E-state index is 13.5. The van der Waals surface area contributed by atoms with Crippen molar-refractivity contribution in [1.29, 1.82) is 0 Å². The third-order valence-electron chi connectivity index (χ3n) is 6.44. The number of nitrogens with one attached hydrogen (secondary N) is 1. The lowest BCUT2D eigenvalue weighted by atomic mass is 9.78. The smallest absolute Gasteiger partial charge is 0.246 e. The molecule has 32 heavy (non-hydrogen) atoms. The second-order valence-electron chi connectivity index (χ2n) is 8.51. The van der Waals surface area contributed by atoms with Crippen molar-refractivity contribution in [3.8, 4) is 5.88 Å². The molecule has 2 aliphatic rings. The monoisotopic (exact) mass is 438 g/mol. The molecular weight excluding hydrogens is 408 g/mol. The molecule has 2 aromatic rings. The zero-order valence-corrected chi connectivity index (χ0v) is 18.3. The maximum Gasteiger partial charge on any atom is 0.246 e. The van der Waals surface area contributed by atoms with Crippen molar-refractivity contribution < 1.29 is 19.5 Å². The lowest BCUT2D eigenvalue weighted by molar-refractivity contribution is -0.145. The zero-order valence-electron chi connectivity index (χ0n) is 18.3. The van der Waals surface area contributed by atoms with E-state index in [1.807, 2.05) is 42.2 Å². The van der Waals surface area contributed by atoms with Crippen molar-refractivity contribution in [2.45, 2.75) is 32.3 Å². The van der Waals surface area contributed by atoms with Gasteiger partial charge in [0.15, 0.2) is 0 Å². The summed E-state index contributed by atoms with van der Waals surface area (Å²) in [5.41, 5.74) is 3.74. The van der Waals surface area contributed by atoms with Crippen LogP contribution < -0.4 is 15.1 Å². The summed E-state index contributed by atoms with van der Waals surface area (Å²) in [5, 5.41) is 9.06. The van der Waals surface area contributed by atoms with Gasteiger partial charge < -0.3 is 14.5 Å². The van der Waals surface area contributed by atoms with Crippen molar-refractivity contribution >= 4 is 17.5 Å². The number of ether oxygens (including phenoxy) is 1. The van der Waals surface area contributed by atoms with Gasteiger partial charge in [-0.15, -0.1) is 0 Å². The number of nitrogens with zero attached hydrogens (tertiary/aromatic N) is 3. The lowest BCUT2D eigenvalue weighted by Crippen LogP contribution is -2.53. The molecule has 0 bridgehead atoms. The van der Waals surface area contributed by atoms with Gasteiger partial charge in [0.2, 0.25) is 17.7 Å². The van der Waals surface area contributed by atoms with E-state index in [0.29, 0.717) is 38.2 Å². The number of piperazine rings is 1. The number of pyridine rings is 1. The summed E-state index contributed by atoms with van der Waals surface area (Å²) in [6.45, 7) is 4.75. The van der Waals surface area contributed by atoms with E-state index in [1.54, 1.807) is 11.5 Å². The van der Waals surface area contributed by atoms with Crippen LogP contribution in [0.25, 0.3) is 0 Å². The van der Waals surface area contributed by atoms with Gasteiger partial charge >= 0.3 is 0 Å². The van der Waals surface area contributed by atoms with Gasteiger partial charge in [-0.3, -0.25) is 14.8 Å². The fourth-order valence-electron chi connectivity index (χ4n) is 4.67. The van der Waals surface area contributed by atoms with E-state index in [0.717, 1.165) is 18.8 Å². The minimum Gasteiger partial charge on any atom is -0.473 e. The van der Waals surface area contributed by atoms with Crippen molar-refractivity contribution in [2.75, 3.05) is 31.1 Å². The molecule has 0 spiro atoms. The Morgan fingerprint density at radius 1 is 1.03 bits per heavy atom. The number of amides is 2. The molecule has 4 rings (SSSR count). The first-order chi connectivity index (χ1) is 15.5. The van der Waals surface area contributed by atoms with E-state index < -0.39 is 17.9 Å². The van der Waals surface area contributed by atoms with E-state index in [-0.39, 0.29) is 11.8 Å². The topological polar surface area (TPSA) is 95.0 Å². The number of anilines is 1. The molecule has 8 nitrogen and oxygen atoms in total. The van der Waals surface area contributed by atoms with Gasteiger partial charge in [-0.05, 0) is 44.4 Å². The maximum atomic E-state index is 13.5. The van der Waals surface area contributed by atoms with Gasteiger partial charge in [0.05, 0.1) is 5.92 Å². The molecule has 2 amide bonds. The molecule has 8 heteroatoms. The predicted octanol–water partition coefficient (Wildman–Crippen LogP) is 2.41. The zero-order chi connectivity index (χ0) is 22.5. The molecule has 3 atom stereocenters. The average Bonchev–Trinajstić information content (AvgIpc) is 2.84. The number of carbonyl (C=O) groups is 2. The van der Waals surface area contributed by atoms with Crippen molar-refractivity contribution in [3.63, 3.8) is 0 Å². The van der Waals surface area contributed by atoms with Crippen LogP contribution in [0.1, 0.15) is 25.0 Å². The molecule has 1 aliphatic carbocycles. The number of carbonyl (C=O) groups excluding carboxylic acids is 2. The Kier molecular flexibility index (Phi) is 6.90. The largest absolute Gasteiger partial charge is 0.473 e. The summed E-state index contributed by atoms with van der Waals surface area (Å²) in [4.78, 5) is 34.1. The van der Waals surface area contributed by atoms with E-state index >= 15 is 0 Å². The fraction of sp³-hybridized carbons (Fsp3) is 0.458. The molecule has 1 aromatic carbocycles. The number of para-hydroxylation sites is 1. The minimum atomic E-state index is -0.472. The Morgan fingerprint density at radius 3 is 2.47 bits per heavy atom. The van der Waals surface area contributed by atoms with Crippen LogP contribution in [0, 0.1) is 18.8 Å². The third kappa shape index (κ3) is 5.02. The van der Waals surface area contributed by atoms with E-state index in [1.165, 1.54) is 5.69 Å². The molecule has 170 valence electrons. The number of rotatable bonds is 5. The second-order valence-corrected chi connectivity index (χ2v) is 8.51. The molecule has 0 unspecified atom stereocenters. The van der Waals surface area contributed by atoms with Crippen LogP contribution in [0.3, 0.4) is 0 Å². The van der Waals surface area contributed by atoms with Gasteiger partial charge in [0, 0.05) is 49.5 Å². The summed E-state index contributed by atoms with van der Waals surface area (Å²) >= 11 is 0. The van der Waals surface area contributed by atoms with Crippen LogP contribution in [0.2, 0.25) is 0 Å². The first-order valence-corrected chi connectivity index (χ1v) is 11.2. The highest BCUT2D eigenvalue weighted by Gasteiger charge is 2.41. The van der Waals surface area contributed by atoms with Crippen LogP contribution in [-0.4, -0.2) is 59.2 Å². The quantitative estimate of drug-likeness (QED) is 0.550. The first kappa shape index (κ1) is 22.1. The Morgan fingerprint density at radius 2 is 1.78 bits per heavy atom. The molecule has 2 heterocycles. The van der Waals surface area contributed by atoms with Gasteiger partial charge in [-0.25, -0.2) is 10.5 Å². The number of benzene rings is 1. The van der Waals surface area contributed by atoms with E-state index in [2.05, 4.69) is 22.0 Å². The highest BCUT2D eigenvalue weighted by Crippen LogP contribution is 2.34. The Labute approximate surface area is 188 Å². The summed E-state index contributed by atoms with van der Waals surface area (Å²) in [7, 11) is 0. The number of hydroxylamine groups is 1. The van der Waals surface area contributed by atoms with Gasteiger partial charge in [-0.2, -0.15) is 0 Å². The van der Waals surface area contributed by atoms with Gasteiger partial charge in [-0.1, -0.05) is 24.3 Å². The van der Waals surface area contributed by atoms with E-state index in [9.17, 15) is 9.59 Å². The molecular formula is C24H30N4O4. The van der Waals surface area contributed by atoms with Gasteiger partial charge in [0.1, 0.15) is 6.10 Å². The van der Waals surface area contributed by atoms with Crippen LogP contribution >= 0.6 is 0 Å². The Balaban J connectivity index is 1.44. The Bertz CT molecular complexity index is 931. The van der Waals surface area contributed by atoms with Crippen LogP contribution in [-0.2, 0) is 9.59 Å². The predicted molar refractivity (Wildman–Crippen MR) is 119 cm³/mol. The fourth-order valence-corrected chi connectivity index (χ4v) is 4.67. The number of hydrogen-bond acceptors (Lipinski definition) is 6. The van der Waals surface area contributed by atoms with Crippen molar-refractivity contribution in [1.82, 2.24) is 15.4 Å². The number of aromatic nitrogens is 1. The molecule has 1 saturated carbocycles. The standard InChI is InChI=1S/C24H30N4O4/c1-17-6-5-9-22(25-17)32-21-16-18(23(29)26-31)10-11-20(21)24(30)28-14-12-27(13-15-28)19-7-3-2-4-8-19/h2-9,18,20-21,31H,10-16H2,1H3,(H,26,29)/t18-,20+,21+/m1/s1. The highest BCUT2D eigenvalue weighted by atomic mass is 16.5. The lowest BCUT2D eigenvalue weighted by Gasteiger charge is -2.40. The van der Waals surface area contributed by atoms with Crippen LogP contribution in [0.4, 0.5) is 5.69 Å². The number of aryl methyl sites for hydroxylation is 1. The van der Waals surface area contributed by atoms with Crippen molar-refractivity contribution in [2.24, 2.45) is 11.8 Å².